The van der Waals surface area contributed by atoms with E-state index in [1.165, 1.54) is 0 Å². The molecule has 0 aromatic rings. The van der Waals surface area contributed by atoms with Crippen LogP contribution >= 0.6 is 0 Å². The molecule has 0 bridgehead atoms. The summed E-state index contributed by atoms with van der Waals surface area (Å²) < 4.78 is 0. The molecule has 11 heavy (non-hydrogen) atoms. The Morgan fingerprint density at radius 3 is 2.18 bits per heavy atom. The van der Waals surface area contributed by atoms with Crippen molar-refractivity contribution in [3.05, 3.63) is 0 Å². The fourth-order valence-electron chi connectivity index (χ4n) is 0.623. The Kier molecular flexibility index (Phi) is 14.5. The van der Waals surface area contributed by atoms with Gasteiger partial charge in [0.2, 0.25) is 5.91 Å². The van der Waals surface area contributed by atoms with Crippen LogP contribution in [-0.4, -0.2) is 12.5 Å². The Morgan fingerprint density at radius 2 is 1.82 bits per heavy atom. The number of unbranched alkanes of at least 4 members (excludes halogenated alkanes) is 1. The second-order valence-corrected chi connectivity index (χ2v) is 2.06. The summed E-state index contributed by atoms with van der Waals surface area (Å²) >= 11 is 0. The quantitative estimate of drug-likeness (QED) is 0.670. The number of carbonyl (C=O) groups excluding carboxylic acids is 1. The van der Waals surface area contributed by atoms with Gasteiger partial charge in [0, 0.05) is 13.0 Å². The molecule has 0 aromatic heterocycles. The minimum absolute atomic E-state index is 0.180. The molecule has 0 aliphatic heterocycles. The summed E-state index contributed by atoms with van der Waals surface area (Å²) in [5.74, 6) is 0.180. The molecule has 1 N–H and O–H groups in total. The van der Waals surface area contributed by atoms with Gasteiger partial charge in [-0.1, -0.05) is 27.2 Å². The van der Waals surface area contributed by atoms with Crippen molar-refractivity contribution in [1.82, 2.24) is 5.32 Å². The van der Waals surface area contributed by atoms with Gasteiger partial charge in [-0.25, -0.2) is 0 Å². The Labute approximate surface area is 70.4 Å². The highest BCUT2D eigenvalue weighted by atomic mass is 16.1. The zero-order valence-corrected chi connectivity index (χ0v) is 8.24. The normalized spacial score (nSPS) is 8.00. The van der Waals surface area contributed by atoms with Gasteiger partial charge in [-0.05, 0) is 13.3 Å². The highest BCUT2D eigenvalue weighted by Crippen LogP contribution is 1.91. The third-order valence-electron chi connectivity index (χ3n) is 1.13. The summed E-state index contributed by atoms with van der Waals surface area (Å²) in [5, 5.41) is 2.74. The number of hydrogen-bond acceptors (Lipinski definition) is 1. The monoisotopic (exact) mass is 159 g/mol. The van der Waals surface area contributed by atoms with Gasteiger partial charge < -0.3 is 5.32 Å². The van der Waals surface area contributed by atoms with Gasteiger partial charge in [0.15, 0.2) is 0 Å². The minimum atomic E-state index is 0.180. The van der Waals surface area contributed by atoms with Crippen LogP contribution in [0.25, 0.3) is 0 Å². The highest BCUT2D eigenvalue weighted by molar-refractivity contribution is 5.75. The van der Waals surface area contributed by atoms with E-state index in [0.29, 0.717) is 6.42 Å². The Hall–Kier alpha value is -0.530. The van der Waals surface area contributed by atoms with Crippen molar-refractivity contribution in [2.24, 2.45) is 0 Å². The number of amides is 1. The maximum absolute atomic E-state index is 10.7. The second-order valence-electron chi connectivity index (χ2n) is 2.06. The maximum atomic E-state index is 10.7. The molecule has 0 saturated heterocycles. The zero-order valence-electron chi connectivity index (χ0n) is 8.24. The first-order valence-electron chi connectivity index (χ1n) is 4.58. The fraction of sp³-hybridized carbons (Fsp3) is 0.889. The molecule has 0 rings (SSSR count). The number of rotatable bonds is 4. The summed E-state index contributed by atoms with van der Waals surface area (Å²) in [6, 6.07) is 0. The van der Waals surface area contributed by atoms with Crippen LogP contribution in [0.15, 0.2) is 0 Å². The topological polar surface area (TPSA) is 29.1 Å². The van der Waals surface area contributed by atoms with E-state index in [1.54, 1.807) is 0 Å². The maximum Gasteiger partial charge on any atom is 0.219 e. The van der Waals surface area contributed by atoms with Gasteiger partial charge in [0.05, 0.1) is 0 Å². The lowest BCUT2D eigenvalue weighted by atomic mass is 10.2. The average molecular weight is 159 g/mol. The highest BCUT2D eigenvalue weighted by Gasteiger charge is 1.94. The van der Waals surface area contributed by atoms with Crippen LogP contribution in [0.5, 0.6) is 0 Å². The van der Waals surface area contributed by atoms with Gasteiger partial charge >= 0.3 is 0 Å². The van der Waals surface area contributed by atoms with Crippen molar-refractivity contribution in [3.8, 4) is 0 Å². The van der Waals surface area contributed by atoms with E-state index in [1.807, 2.05) is 20.8 Å². The lowest BCUT2D eigenvalue weighted by Gasteiger charge is -1.98. The molecular weight excluding hydrogens is 138 g/mol. The number of hydrogen-bond donors (Lipinski definition) is 1. The van der Waals surface area contributed by atoms with Gasteiger partial charge in [-0.15, -0.1) is 0 Å². The predicted octanol–water partition coefficient (Wildman–Crippen LogP) is 2.34. The first-order valence-corrected chi connectivity index (χ1v) is 4.58. The summed E-state index contributed by atoms with van der Waals surface area (Å²) in [4.78, 5) is 10.7. The predicted molar refractivity (Wildman–Crippen MR) is 49.6 cm³/mol. The van der Waals surface area contributed by atoms with Crippen LogP contribution < -0.4 is 5.32 Å². The molecule has 0 fully saturated rings. The van der Waals surface area contributed by atoms with Crippen LogP contribution in [0.3, 0.4) is 0 Å². The standard InChI is InChI=1S/C7H15NO.C2H6/c1-3-5-6-7(9)8-4-2;1-2/h3-6H2,1-2H3,(H,8,9);1-2H3. The van der Waals surface area contributed by atoms with E-state index in [9.17, 15) is 4.79 Å². The van der Waals surface area contributed by atoms with Crippen molar-refractivity contribution < 1.29 is 4.79 Å². The molecule has 0 spiro atoms. The van der Waals surface area contributed by atoms with Crippen LogP contribution in [0.4, 0.5) is 0 Å². The van der Waals surface area contributed by atoms with Crippen LogP contribution in [0.1, 0.15) is 47.0 Å². The van der Waals surface area contributed by atoms with Crippen molar-refractivity contribution in [1.29, 1.82) is 0 Å². The van der Waals surface area contributed by atoms with E-state index in [2.05, 4.69) is 12.2 Å². The van der Waals surface area contributed by atoms with Gasteiger partial charge in [0.1, 0.15) is 0 Å². The van der Waals surface area contributed by atoms with Crippen LogP contribution in [0, 0.1) is 0 Å². The van der Waals surface area contributed by atoms with Crippen molar-refractivity contribution in [3.63, 3.8) is 0 Å². The van der Waals surface area contributed by atoms with Crippen molar-refractivity contribution >= 4 is 5.91 Å². The smallest absolute Gasteiger partial charge is 0.219 e. The Morgan fingerprint density at radius 1 is 1.27 bits per heavy atom. The SMILES string of the molecule is CC.CCCCC(=O)NCC. The summed E-state index contributed by atoms with van der Waals surface area (Å²) in [6.07, 6.45) is 2.79. The van der Waals surface area contributed by atoms with E-state index < -0.39 is 0 Å². The minimum Gasteiger partial charge on any atom is -0.356 e. The number of carbonyl (C=O) groups is 1. The van der Waals surface area contributed by atoms with E-state index in [-0.39, 0.29) is 5.91 Å². The first-order chi connectivity index (χ1) is 5.31. The average Bonchev–Trinajstić information content (AvgIpc) is 2.05. The molecule has 1 amide bonds. The lowest BCUT2D eigenvalue weighted by Crippen LogP contribution is -2.21. The van der Waals surface area contributed by atoms with Crippen molar-refractivity contribution in [2.75, 3.05) is 6.54 Å². The molecule has 0 heterocycles. The molecule has 0 aliphatic carbocycles. The molecule has 0 aliphatic rings. The van der Waals surface area contributed by atoms with Crippen LogP contribution in [-0.2, 0) is 4.79 Å². The van der Waals surface area contributed by atoms with Gasteiger partial charge in [0.25, 0.3) is 0 Å². The lowest BCUT2D eigenvalue weighted by molar-refractivity contribution is -0.121. The molecule has 0 radical (unpaired) electrons. The molecular formula is C9H21NO. The van der Waals surface area contributed by atoms with Crippen molar-refractivity contribution in [2.45, 2.75) is 47.0 Å². The van der Waals surface area contributed by atoms with E-state index in [0.717, 1.165) is 19.4 Å². The Bertz CT molecular complexity index is 81.6. The molecule has 0 atom stereocenters. The zero-order chi connectivity index (χ0) is 9.11. The molecule has 2 heteroatoms. The largest absolute Gasteiger partial charge is 0.356 e. The molecule has 0 saturated carbocycles. The second kappa shape index (κ2) is 12.2. The third-order valence-corrected chi connectivity index (χ3v) is 1.13. The van der Waals surface area contributed by atoms with Gasteiger partial charge in [-0.2, -0.15) is 0 Å². The molecule has 0 aromatic carbocycles. The molecule has 68 valence electrons. The van der Waals surface area contributed by atoms with Crippen LogP contribution in [0.2, 0.25) is 0 Å². The Balaban J connectivity index is 0. The molecule has 0 unspecified atom stereocenters. The first kappa shape index (κ1) is 13.1. The summed E-state index contributed by atoms with van der Waals surface area (Å²) in [7, 11) is 0. The third kappa shape index (κ3) is 12.6. The molecule has 2 nitrogen and oxygen atoms in total. The fourth-order valence-corrected chi connectivity index (χ4v) is 0.623. The van der Waals surface area contributed by atoms with E-state index >= 15 is 0 Å². The van der Waals surface area contributed by atoms with Gasteiger partial charge in [-0.3, -0.25) is 4.79 Å². The number of nitrogens with one attached hydrogen (secondary N) is 1. The van der Waals surface area contributed by atoms with E-state index in [4.69, 9.17) is 0 Å². The summed E-state index contributed by atoms with van der Waals surface area (Å²) in [6.45, 7) is 8.77. The summed E-state index contributed by atoms with van der Waals surface area (Å²) in [5.41, 5.74) is 0.